The second kappa shape index (κ2) is 5.37. The summed E-state index contributed by atoms with van der Waals surface area (Å²) in [7, 11) is 0. The zero-order valence-corrected chi connectivity index (χ0v) is 12.2. The lowest BCUT2D eigenvalue weighted by Crippen LogP contribution is -2.42. The summed E-state index contributed by atoms with van der Waals surface area (Å²) in [5.74, 6) is 0.253. The smallest absolute Gasteiger partial charge is 0.255 e. The Hall–Kier alpha value is -1.29. The minimum Gasteiger partial charge on any atom is -0.382 e. The fourth-order valence-electron chi connectivity index (χ4n) is 2.35. The van der Waals surface area contributed by atoms with Crippen LogP contribution in [0.25, 0.3) is 0 Å². The van der Waals surface area contributed by atoms with Crippen molar-refractivity contribution >= 4 is 23.3 Å². The van der Waals surface area contributed by atoms with E-state index in [1.54, 1.807) is 6.07 Å². The van der Waals surface area contributed by atoms with Crippen molar-refractivity contribution in [2.24, 2.45) is 5.41 Å². The molecule has 1 saturated heterocycles. The van der Waals surface area contributed by atoms with Crippen LogP contribution in [0.3, 0.4) is 0 Å². The first-order chi connectivity index (χ1) is 8.95. The molecule has 4 nitrogen and oxygen atoms in total. The summed E-state index contributed by atoms with van der Waals surface area (Å²) in [6.45, 7) is 6.09. The maximum absolute atomic E-state index is 12.3. The van der Waals surface area contributed by atoms with Gasteiger partial charge in [0.15, 0.2) is 0 Å². The molecule has 0 aromatic carbocycles. The summed E-state index contributed by atoms with van der Waals surface area (Å²) in [5.41, 5.74) is 6.44. The number of likely N-dealkylation sites (tertiary alicyclic amines) is 1. The standard InChI is InChI=1S/C14H20ClN3O/c1-3-14(2)4-6-18(7-5-14)13(19)10-8-11(15)12(16)17-9-10/h8-9H,3-7H2,1-2H3,(H2,16,17). The van der Waals surface area contributed by atoms with Gasteiger partial charge in [0.1, 0.15) is 5.82 Å². The predicted molar refractivity (Wildman–Crippen MR) is 77.2 cm³/mol. The van der Waals surface area contributed by atoms with Crippen molar-refractivity contribution in [3.63, 3.8) is 0 Å². The first kappa shape index (κ1) is 14.1. The van der Waals surface area contributed by atoms with Crippen LogP contribution in [0.15, 0.2) is 12.3 Å². The summed E-state index contributed by atoms with van der Waals surface area (Å²) in [6, 6.07) is 1.60. The number of carbonyl (C=O) groups is 1. The highest BCUT2D eigenvalue weighted by atomic mass is 35.5. The fraction of sp³-hybridized carbons (Fsp3) is 0.571. The number of anilines is 1. The molecule has 104 valence electrons. The number of aromatic nitrogens is 1. The van der Waals surface area contributed by atoms with Gasteiger partial charge in [0.25, 0.3) is 5.91 Å². The van der Waals surface area contributed by atoms with E-state index < -0.39 is 0 Å². The van der Waals surface area contributed by atoms with Crippen molar-refractivity contribution < 1.29 is 4.79 Å². The van der Waals surface area contributed by atoms with E-state index >= 15 is 0 Å². The van der Waals surface area contributed by atoms with Crippen LogP contribution >= 0.6 is 11.6 Å². The number of amides is 1. The molecule has 2 N–H and O–H groups in total. The lowest BCUT2D eigenvalue weighted by Gasteiger charge is -2.38. The molecule has 5 heteroatoms. The molecule has 0 atom stereocenters. The van der Waals surface area contributed by atoms with Crippen LogP contribution in [-0.4, -0.2) is 28.9 Å². The Labute approximate surface area is 118 Å². The maximum Gasteiger partial charge on any atom is 0.255 e. The van der Waals surface area contributed by atoms with Crippen molar-refractivity contribution in [3.05, 3.63) is 22.8 Å². The van der Waals surface area contributed by atoms with Crippen molar-refractivity contribution in [1.82, 2.24) is 9.88 Å². The molecule has 2 rings (SSSR count). The fourth-order valence-corrected chi connectivity index (χ4v) is 2.52. The van der Waals surface area contributed by atoms with Crippen molar-refractivity contribution in [1.29, 1.82) is 0 Å². The lowest BCUT2D eigenvalue weighted by molar-refractivity contribution is 0.0600. The molecule has 19 heavy (non-hydrogen) atoms. The van der Waals surface area contributed by atoms with E-state index in [9.17, 15) is 4.79 Å². The Morgan fingerprint density at radius 2 is 2.16 bits per heavy atom. The van der Waals surface area contributed by atoms with Gasteiger partial charge in [0, 0.05) is 19.3 Å². The van der Waals surface area contributed by atoms with Crippen LogP contribution in [-0.2, 0) is 0 Å². The lowest BCUT2D eigenvalue weighted by atomic mass is 9.78. The maximum atomic E-state index is 12.3. The molecule has 0 aliphatic carbocycles. The Bertz CT molecular complexity index is 482. The first-order valence-electron chi connectivity index (χ1n) is 6.65. The highest BCUT2D eigenvalue weighted by molar-refractivity contribution is 6.33. The van der Waals surface area contributed by atoms with Crippen molar-refractivity contribution in [2.45, 2.75) is 33.1 Å². The second-order valence-electron chi connectivity index (χ2n) is 5.55. The van der Waals surface area contributed by atoms with E-state index in [1.165, 1.54) is 6.20 Å². The number of piperidine rings is 1. The summed E-state index contributed by atoms with van der Waals surface area (Å²) in [6.07, 6.45) is 4.75. The van der Waals surface area contributed by atoms with Gasteiger partial charge in [-0.25, -0.2) is 4.98 Å². The average molecular weight is 282 g/mol. The summed E-state index contributed by atoms with van der Waals surface area (Å²) in [4.78, 5) is 18.2. The largest absolute Gasteiger partial charge is 0.382 e. The van der Waals surface area contributed by atoms with E-state index in [1.807, 2.05) is 4.90 Å². The number of hydrogen-bond donors (Lipinski definition) is 1. The number of nitrogens with two attached hydrogens (primary N) is 1. The molecule has 0 bridgehead atoms. The summed E-state index contributed by atoms with van der Waals surface area (Å²) < 4.78 is 0. The molecule has 0 saturated carbocycles. The van der Waals surface area contributed by atoms with Crippen LogP contribution in [0.4, 0.5) is 5.82 Å². The number of halogens is 1. The number of carbonyl (C=O) groups excluding carboxylic acids is 1. The van der Waals surface area contributed by atoms with E-state index in [2.05, 4.69) is 18.8 Å². The third-order valence-electron chi connectivity index (χ3n) is 4.23. The molecular weight excluding hydrogens is 262 g/mol. The molecule has 0 spiro atoms. The van der Waals surface area contributed by atoms with Gasteiger partial charge in [-0.3, -0.25) is 4.79 Å². The second-order valence-corrected chi connectivity index (χ2v) is 5.95. The molecule has 1 aliphatic rings. The van der Waals surface area contributed by atoms with Crippen molar-refractivity contribution in [3.8, 4) is 0 Å². The molecule has 2 heterocycles. The Morgan fingerprint density at radius 1 is 1.53 bits per heavy atom. The number of pyridine rings is 1. The van der Waals surface area contributed by atoms with Gasteiger partial charge in [0.2, 0.25) is 0 Å². The molecule has 1 aliphatic heterocycles. The van der Waals surface area contributed by atoms with E-state index in [0.717, 1.165) is 32.4 Å². The zero-order valence-electron chi connectivity index (χ0n) is 11.4. The van der Waals surface area contributed by atoms with Gasteiger partial charge in [-0.15, -0.1) is 0 Å². The third-order valence-corrected chi connectivity index (χ3v) is 4.53. The summed E-state index contributed by atoms with van der Waals surface area (Å²) in [5, 5.41) is 0.334. The van der Waals surface area contributed by atoms with Crippen molar-refractivity contribution in [2.75, 3.05) is 18.8 Å². The molecule has 1 fully saturated rings. The number of nitrogens with zero attached hydrogens (tertiary/aromatic N) is 2. The number of nitrogen functional groups attached to an aromatic ring is 1. The molecule has 1 amide bonds. The van der Waals surface area contributed by atoms with Gasteiger partial charge in [-0.2, -0.15) is 0 Å². The van der Waals surface area contributed by atoms with Crippen LogP contribution < -0.4 is 5.73 Å². The molecule has 0 radical (unpaired) electrons. The summed E-state index contributed by atoms with van der Waals surface area (Å²) >= 11 is 5.91. The minimum atomic E-state index is -0.00690. The number of hydrogen-bond acceptors (Lipinski definition) is 3. The van der Waals surface area contributed by atoms with E-state index in [0.29, 0.717) is 16.0 Å². The van der Waals surface area contributed by atoms with Gasteiger partial charge in [0.05, 0.1) is 10.6 Å². The predicted octanol–water partition coefficient (Wildman–Crippen LogP) is 2.97. The van der Waals surface area contributed by atoms with Gasteiger partial charge < -0.3 is 10.6 Å². The SMILES string of the molecule is CCC1(C)CCN(C(=O)c2cnc(N)c(Cl)c2)CC1. The normalized spacial score (nSPS) is 18.4. The topological polar surface area (TPSA) is 59.2 Å². The zero-order chi connectivity index (χ0) is 14.0. The van der Waals surface area contributed by atoms with Crippen LogP contribution in [0.1, 0.15) is 43.5 Å². The Kier molecular flexibility index (Phi) is 3.99. The third kappa shape index (κ3) is 3.00. The quantitative estimate of drug-likeness (QED) is 0.907. The Morgan fingerprint density at radius 3 is 2.68 bits per heavy atom. The molecule has 1 aromatic heterocycles. The van der Waals surface area contributed by atoms with E-state index in [-0.39, 0.29) is 11.7 Å². The van der Waals surface area contributed by atoms with Gasteiger partial charge >= 0.3 is 0 Å². The Balaban J connectivity index is 2.07. The number of rotatable bonds is 2. The minimum absolute atomic E-state index is 0.00690. The van der Waals surface area contributed by atoms with Crippen LogP contribution in [0, 0.1) is 5.41 Å². The average Bonchev–Trinajstić information content (AvgIpc) is 2.42. The highest BCUT2D eigenvalue weighted by Gasteiger charge is 2.30. The monoisotopic (exact) mass is 281 g/mol. The van der Waals surface area contributed by atoms with Gasteiger partial charge in [-0.1, -0.05) is 31.9 Å². The van der Waals surface area contributed by atoms with E-state index in [4.69, 9.17) is 17.3 Å². The molecular formula is C14H20ClN3O. The highest BCUT2D eigenvalue weighted by Crippen LogP contribution is 2.34. The van der Waals surface area contributed by atoms with Crippen LogP contribution in [0.5, 0.6) is 0 Å². The van der Waals surface area contributed by atoms with Crippen LogP contribution in [0.2, 0.25) is 5.02 Å². The molecule has 0 unspecified atom stereocenters. The molecule has 1 aromatic rings. The first-order valence-corrected chi connectivity index (χ1v) is 7.03. The van der Waals surface area contributed by atoms with Gasteiger partial charge in [-0.05, 0) is 24.3 Å².